The monoisotopic (exact) mass is 382 g/mol. The number of anilines is 1. The molecule has 0 radical (unpaired) electrons. The molecule has 0 bridgehead atoms. The van der Waals surface area contributed by atoms with E-state index in [-0.39, 0.29) is 11.3 Å². The Kier molecular flexibility index (Phi) is 5.59. The summed E-state index contributed by atoms with van der Waals surface area (Å²) in [4.78, 5) is 35.6. The standard InChI is InChI=1S/C20H18N2O6/c1-2-27-17-11-13(8-9-16(17)28-12-18(23)24)10-15-19(25)21-22(20(15)26)14-6-4-3-5-7-14/h3-11H,2,12H2,1H3,(H,21,25)(H,23,24). The van der Waals surface area contributed by atoms with Crippen LogP contribution in [0.1, 0.15) is 12.5 Å². The Morgan fingerprint density at radius 2 is 1.86 bits per heavy atom. The Labute approximate surface area is 160 Å². The molecule has 0 spiro atoms. The second-order valence-corrected chi connectivity index (χ2v) is 5.80. The molecule has 0 aromatic heterocycles. The van der Waals surface area contributed by atoms with Crippen molar-refractivity contribution in [2.45, 2.75) is 6.92 Å². The van der Waals surface area contributed by atoms with Crippen molar-refractivity contribution in [1.29, 1.82) is 0 Å². The fourth-order valence-corrected chi connectivity index (χ4v) is 2.62. The van der Waals surface area contributed by atoms with Crippen LogP contribution in [0, 0.1) is 0 Å². The molecule has 2 aromatic rings. The predicted octanol–water partition coefficient (Wildman–Crippen LogP) is 2.01. The molecule has 28 heavy (non-hydrogen) atoms. The minimum atomic E-state index is -1.11. The van der Waals surface area contributed by atoms with Gasteiger partial charge in [-0.2, -0.15) is 0 Å². The number of hydrogen-bond donors (Lipinski definition) is 2. The molecule has 1 fully saturated rings. The topological polar surface area (TPSA) is 105 Å². The normalized spacial score (nSPS) is 14.9. The van der Waals surface area contributed by atoms with E-state index in [1.54, 1.807) is 43.3 Å². The van der Waals surface area contributed by atoms with E-state index in [1.807, 2.05) is 6.07 Å². The van der Waals surface area contributed by atoms with E-state index in [1.165, 1.54) is 17.2 Å². The predicted molar refractivity (Wildman–Crippen MR) is 101 cm³/mol. The summed E-state index contributed by atoms with van der Waals surface area (Å²) in [5.41, 5.74) is 3.60. The van der Waals surface area contributed by atoms with Gasteiger partial charge in [-0.05, 0) is 42.8 Å². The zero-order valence-electron chi connectivity index (χ0n) is 15.0. The van der Waals surface area contributed by atoms with E-state index >= 15 is 0 Å². The number of nitrogens with zero attached hydrogens (tertiary/aromatic N) is 1. The highest BCUT2D eigenvalue weighted by atomic mass is 16.5. The average molecular weight is 382 g/mol. The first-order valence-electron chi connectivity index (χ1n) is 8.53. The van der Waals surface area contributed by atoms with Gasteiger partial charge >= 0.3 is 5.97 Å². The van der Waals surface area contributed by atoms with Crippen LogP contribution >= 0.6 is 0 Å². The SMILES string of the molecule is CCOc1cc(C=C2C(=O)NN(c3ccccc3)C2=O)ccc1OCC(=O)O. The maximum atomic E-state index is 12.6. The highest BCUT2D eigenvalue weighted by Crippen LogP contribution is 2.30. The summed E-state index contributed by atoms with van der Waals surface area (Å²) in [6, 6.07) is 13.5. The number of hydrazine groups is 1. The first-order chi connectivity index (χ1) is 13.5. The van der Waals surface area contributed by atoms with Crippen LogP contribution in [0.4, 0.5) is 5.69 Å². The van der Waals surface area contributed by atoms with Gasteiger partial charge in [0.25, 0.3) is 11.8 Å². The van der Waals surface area contributed by atoms with Crippen molar-refractivity contribution >= 4 is 29.5 Å². The summed E-state index contributed by atoms with van der Waals surface area (Å²) in [6.07, 6.45) is 1.45. The molecule has 144 valence electrons. The molecule has 3 rings (SSSR count). The third kappa shape index (κ3) is 4.12. The number of carboxylic acid groups (broad SMARTS) is 1. The number of para-hydroxylation sites is 1. The molecule has 1 heterocycles. The number of ether oxygens (including phenoxy) is 2. The highest BCUT2D eigenvalue weighted by molar-refractivity contribution is 6.31. The minimum Gasteiger partial charge on any atom is -0.490 e. The lowest BCUT2D eigenvalue weighted by Gasteiger charge is -2.14. The zero-order chi connectivity index (χ0) is 20.1. The van der Waals surface area contributed by atoms with E-state index in [0.717, 1.165) is 0 Å². The van der Waals surface area contributed by atoms with Gasteiger partial charge in [-0.15, -0.1) is 0 Å². The first-order valence-corrected chi connectivity index (χ1v) is 8.53. The van der Waals surface area contributed by atoms with Crippen molar-refractivity contribution < 1.29 is 29.0 Å². The van der Waals surface area contributed by atoms with Gasteiger partial charge in [0.05, 0.1) is 12.3 Å². The lowest BCUT2D eigenvalue weighted by Crippen LogP contribution is -2.35. The van der Waals surface area contributed by atoms with Crippen LogP contribution in [-0.2, 0) is 14.4 Å². The minimum absolute atomic E-state index is 0.0227. The summed E-state index contributed by atoms with van der Waals surface area (Å²) in [7, 11) is 0. The van der Waals surface area contributed by atoms with E-state index in [9.17, 15) is 14.4 Å². The summed E-state index contributed by atoms with van der Waals surface area (Å²) in [6.45, 7) is 1.61. The molecule has 0 saturated carbocycles. The first kappa shape index (κ1) is 19.0. The Morgan fingerprint density at radius 1 is 1.11 bits per heavy atom. The van der Waals surface area contributed by atoms with Crippen LogP contribution in [0.5, 0.6) is 11.5 Å². The number of amides is 2. The fourth-order valence-electron chi connectivity index (χ4n) is 2.62. The Bertz CT molecular complexity index is 939. The van der Waals surface area contributed by atoms with Gasteiger partial charge in [0.1, 0.15) is 5.57 Å². The van der Waals surface area contributed by atoms with Crippen molar-refractivity contribution in [3.8, 4) is 11.5 Å². The van der Waals surface area contributed by atoms with Crippen LogP contribution in [0.15, 0.2) is 54.1 Å². The molecular weight excluding hydrogens is 364 g/mol. The van der Waals surface area contributed by atoms with Gasteiger partial charge in [-0.1, -0.05) is 24.3 Å². The molecule has 2 amide bonds. The van der Waals surface area contributed by atoms with Gasteiger partial charge < -0.3 is 14.6 Å². The molecule has 2 N–H and O–H groups in total. The molecule has 1 saturated heterocycles. The summed E-state index contributed by atoms with van der Waals surface area (Å²) >= 11 is 0. The van der Waals surface area contributed by atoms with Crippen molar-refractivity contribution in [3.63, 3.8) is 0 Å². The third-order valence-corrected chi connectivity index (χ3v) is 3.84. The number of carboxylic acids is 1. The number of hydrogen-bond acceptors (Lipinski definition) is 5. The second kappa shape index (κ2) is 8.26. The van der Waals surface area contributed by atoms with E-state index in [4.69, 9.17) is 14.6 Å². The lowest BCUT2D eigenvalue weighted by atomic mass is 10.1. The molecular formula is C20H18N2O6. The molecule has 0 unspecified atom stereocenters. The molecule has 8 heteroatoms. The number of carbonyl (C=O) groups excluding carboxylic acids is 2. The lowest BCUT2D eigenvalue weighted by molar-refractivity contribution is -0.139. The Balaban J connectivity index is 1.87. The maximum absolute atomic E-state index is 12.6. The van der Waals surface area contributed by atoms with Gasteiger partial charge in [-0.25, -0.2) is 9.80 Å². The van der Waals surface area contributed by atoms with Crippen LogP contribution in [0.3, 0.4) is 0 Å². The van der Waals surface area contributed by atoms with Gasteiger partial charge in [0.2, 0.25) is 0 Å². The molecule has 0 aliphatic carbocycles. The van der Waals surface area contributed by atoms with Crippen LogP contribution in [-0.4, -0.2) is 36.1 Å². The number of rotatable bonds is 7. The number of benzene rings is 2. The quantitative estimate of drug-likeness (QED) is 0.561. The van der Waals surface area contributed by atoms with Crippen LogP contribution < -0.4 is 19.9 Å². The van der Waals surface area contributed by atoms with Gasteiger partial charge in [0.15, 0.2) is 18.1 Å². The molecule has 2 aromatic carbocycles. The average Bonchev–Trinajstić information content (AvgIpc) is 2.96. The third-order valence-electron chi connectivity index (χ3n) is 3.84. The van der Waals surface area contributed by atoms with Gasteiger partial charge in [0, 0.05) is 0 Å². The van der Waals surface area contributed by atoms with Crippen molar-refractivity contribution in [3.05, 3.63) is 59.7 Å². The van der Waals surface area contributed by atoms with Crippen molar-refractivity contribution in [2.24, 2.45) is 0 Å². The van der Waals surface area contributed by atoms with Gasteiger partial charge in [-0.3, -0.25) is 15.0 Å². The maximum Gasteiger partial charge on any atom is 0.341 e. The Morgan fingerprint density at radius 3 is 2.54 bits per heavy atom. The number of aliphatic carboxylic acids is 1. The van der Waals surface area contributed by atoms with E-state index < -0.39 is 24.4 Å². The largest absolute Gasteiger partial charge is 0.490 e. The molecule has 0 atom stereocenters. The summed E-state index contributed by atoms with van der Waals surface area (Å²) < 4.78 is 10.7. The van der Waals surface area contributed by atoms with E-state index in [2.05, 4.69) is 5.43 Å². The number of carbonyl (C=O) groups is 3. The van der Waals surface area contributed by atoms with Crippen LogP contribution in [0.25, 0.3) is 6.08 Å². The second-order valence-electron chi connectivity index (χ2n) is 5.80. The molecule has 1 aliphatic rings. The fraction of sp³-hybridized carbons (Fsp3) is 0.150. The highest BCUT2D eigenvalue weighted by Gasteiger charge is 2.34. The molecule has 1 aliphatic heterocycles. The van der Waals surface area contributed by atoms with Crippen molar-refractivity contribution in [2.75, 3.05) is 18.2 Å². The zero-order valence-corrected chi connectivity index (χ0v) is 15.0. The Hall–Kier alpha value is -3.81. The van der Waals surface area contributed by atoms with Crippen LogP contribution in [0.2, 0.25) is 0 Å². The van der Waals surface area contributed by atoms with Crippen molar-refractivity contribution in [1.82, 2.24) is 5.43 Å². The smallest absolute Gasteiger partial charge is 0.341 e. The molecule has 8 nitrogen and oxygen atoms in total. The van der Waals surface area contributed by atoms with E-state index in [0.29, 0.717) is 23.6 Å². The summed E-state index contributed by atoms with van der Waals surface area (Å²) in [5.74, 6) is -1.51. The number of nitrogens with one attached hydrogen (secondary N) is 1. The summed E-state index contributed by atoms with van der Waals surface area (Å²) in [5, 5.41) is 9.94.